The van der Waals surface area contributed by atoms with Gasteiger partial charge < -0.3 is 9.80 Å². The van der Waals surface area contributed by atoms with Gasteiger partial charge in [0.1, 0.15) is 0 Å². The first-order chi connectivity index (χ1) is 31.4. The Labute approximate surface area is 374 Å². The molecule has 11 aromatic rings. The Hall–Kier alpha value is -7.94. The molecule has 0 unspecified atom stereocenters. The topological polar surface area (TPSA) is 6.48 Å². The van der Waals surface area contributed by atoms with E-state index in [1.165, 1.54) is 87.7 Å². The van der Waals surface area contributed by atoms with Crippen molar-refractivity contribution in [3.8, 4) is 22.3 Å². The highest BCUT2D eigenvalue weighted by molar-refractivity contribution is 6.23. The first-order valence-corrected chi connectivity index (χ1v) is 22.3. The fraction of sp³-hybridized carbons (Fsp3) is 0.0645. The van der Waals surface area contributed by atoms with Crippen LogP contribution in [0.15, 0.2) is 224 Å². The van der Waals surface area contributed by atoms with Crippen molar-refractivity contribution in [2.24, 2.45) is 0 Å². The molecule has 0 aromatic heterocycles. The van der Waals surface area contributed by atoms with Gasteiger partial charge in [-0.2, -0.15) is 0 Å². The lowest BCUT2D eigenvalue weighted by Crippen LogP contribution is -2.17. The van der Waals surface area contributed by atoms with Gasteiger partial charge in [-0.05, 0) is 122 Å². The summed E-state index contributed by atoms with van der Waals surface area (Å²) in [6, 6.07) is 83.0. The number of nitrogens with zero attached hydrogens (tertiary/aromatic N) is 2. The van der Waals surface area contributed by atoms with E-state index in [1.54, 1.807) is 0 Å². The Balaban J connectivity index is 1.07. The predicted octanol–water partition coefficient (Wildman–Crippen LogP) is 17.5. The van der Waals surface area contributed by atoms with Crippen molar-refractivity contribution in [1.29, 1.82) is 0 Å². The summed E-state index contributed by atoms with van der Waals surface area (Å²) in [7, 11) is 0. The van der Waals surface area contributed by atoms with Gasteiger partial charge in [-0.1, -0.05) is 189 Å². The Morgan fingerprint density at radius 3 is 1.58 bits per heavy atom. The summed E-state index contributed by atoms with van der Waals surface area (Å²) in [4.78, 5) is 4.91. The maximum Gasteiger partial charge on any atom is 0.0619 e. The Morgan fingerprint density at radius 2 is 0.859 bits per heavy atom. The molecule has 0 saturated carbocycles. The molecule has 2 heteroatoms. The van der Waals surface area contributed by atoms with E-state index in [1.807, 2.05) is 0 Å². The molecule has 1 aliphatic carbocycles. The molecule has 12 rings (SSSR count). The van der Waals surface area contributed by atoms with Gasteiger partial charge >= 0.3 is 0 Å². The second-order valence-corrected chi connectivity index (χ2v) is 17.8. The van der Waals surface area contributed by atoms with Crippen LogP contribution < -0.4 is 9.80 Å². The molecule has 0 fully saturated rings. The van der Waals surface area contributed by atoms with Crippen molar-refractivity contribution >= 4 is 77.2 Å². The fourth-order valence-electron chi connectivity index (χ4n) is 10.5. The lowest BCUT2D eigenvalue weighted by molar-refractivity contribution is 0.660. The second kappa shape index (κ2) is 14.9. The van der Waals surface area contributed by atoms with E-state index < -0.39 is 0 Å². The normalized spacial score (nSPS) is 12.7. The fourth-order valence-corrected chi connectivity index (χ4v) is 10.5. The van der Waals surface area contributed by atoms with Crippen LogP contribution in [0.3, 0.4) is 0 Å². The van der Waals surface area contributed by atoms with E-state index in [0.717, 1.165) is 28.4 Å². The molecule has 0 atom stereocenters. The van der Waals surface area contributed by atoms with Crippen LogP contribution in [-0.2, 0) is 5.41 Å². The summed E-state index contributed by atoms with van der Waals surface area (Å²) in [5.41, 5.74) is 15.7. The highest BCUT2D eigenvalue weighted by atomic mass is 15.2. The van der Waals surface area contributed by atoms with Crippen LogP contribution in [0.4, 0.5) is 34.1 Å². The van der Waals surface area contributed by atoms with Crippen LogP contribution in [0.5, 0.6) is 0 Å². The van der Waals surface area contributed by atoms with E-state index in [0.29, 0.717) is 0 Å². The van der Waals surface area contributed by atoms with E-state index >= 15 is 0 Å². The van der Waals surface area contributed by atoms with Crippen molar-refractivity contribution in [2.75, 3.05) is 9.80 Å². The van der Waals surface area contributed by atoms with Crippen LogP contribution >= 0.6 is 0 Å². The molecule has 0 bridgehead atoms. The average molecular weight is 819 g/mol. The van der Waals surface area contributed by atoms with Crippen LogP contribution in [0.1, 0.15) is 30.5 Å². The molecule has 0 N–H and O–H groups in total. The van der Waals surface area contributed by atoms with Gasteiger partial charge in [0, 0.05) is 44.3 Å². The van der Waals surface area contributed by atoms with Crippen LogP contribution in [0, 0.1) is 6.92 Å². The number of rotatable bonds is 7. The number of hydrogen-bond acceptors (Lipinski definition) is 2. The number of benzene rings is 11. The summed E-state index contributed by atoms with van der Waals surface area (Å²) in [6.45, 7) is 6.89. The molecule has 11 aromatic carbocycles. The smallest absolute Gasteiger partial charge is 0.0619 e. The molecular weight excluding hydrogens is 773 g/mol. The number of hydrogen-bond donors (Lipinski definition) is 0. The highest BCUT2D eigenvalue weighted by Gasteiger charge is 2.36. The number of fused-ring (bicyclic) bond motifs is 7. The highest BCUT2D eigenvalue weighted by Crippen LogP contribution is 2.53. The summed E-state index contributed by atoms with van der Waals surface area (Å²) in [6.07, 6.45) is 0. The quantitative estimate of drug-likeness (QED) is 0.148. The van der Waals surface area contributed by atoms with E-state index in [4.69, 9.17) is 0 Å². The minimum atomic E-state index is -0.143. The van der Waals surface area contributed by atoms with Gasteiger partial charge in [0.25, 0.3) is 0 Å². The monoisotopic (exact) mass is 818 g/mol. The number of aryl methyl sites for hydroxylation is 1. The average Bonchev–Trinajstić information content (AvgIpc) is 3.57. The SMILES string of the molecule is Cc1ccc(N(c2ccc(-c3c4ccccc4c(N(c4ccc5c(c4)C(C)(C)c4ccccc4-5)c4cccc5ccccc45)c4ccccc34)cc2)c2ccc3ccccc3c2)cc1. The van der Waals surface area contributed by atoms with Gasteiger partial charge in [0.15, 0.2) is 0 Å². The molecule has 0 radical (unpaired) electrons. The molecule has 0 saturated heterocycles. The van der Waals surface area contributed by atoms with E-state index in [9.17, 15) is 0 Å². The Kier molecular flexibility index (Phi) is 8.77. The lowest BCUT2D eigenvalue weighted by atomic mass is 9.82. The maximum atomic E-state index is 2.54. The van der Waals surface area contributed by atoms with Crippen molar-refractivity contribution in [3.63, 3.8) is 0 Å². The maximum absolute atomic E-state index is 2.54. The Bertz CT molecular complexity index is 3540. The zero-order chi connectivity index (χ0) is 42.9. The van der Waals surface area contributed by atoms with Crippen molar-refractivity contribution in [3.05, 3.63) is 241 Å². The molecule has 2 nitrogen and oxygen atoms in total. The molecule has 0 spiro atoms. The van der Waals surface area contributed by atoms with Gasteiger partial charge in [0.2, 0.25) is 0 Å². The first-order valence-electron chi connectivity index (χ1n) is 22.3. The van der Waals surface area contributed by atoms with Crippen LogP contribution in [-0.4, -0.2) is 0 Å². The minimum absolute atomic E-state index is 0.143. The van der Waals surface area contributed by atoms with E-state index in [2.05, 4.69) is 255 Å². The largest absolute Gasteiger partial charge is 0.310 e. The molecular formula is C62H46N2. The molecule has 64 heavy (non-hydrogen) atoms. The van der Waals surface area contributed by atoms with E-state index in [-0.39, 0.29) is 5.41 Å². The van der Waals surface area contributed by atoms with Crippen molar-refractivity contribution in [2.45, 2.75) is 26.2 Å². The summed E-state index contributed by atoms with van der Waals surface area (Å²) >= 11 is 0. The third kappa shape index (κ3) is 6.02. The standard InChI is InChI=1S/C62H46N2/c1-41-27-32-46(33-28-41)63(48-36-29-42-15-4-5-17-45(42)39-48)47-34-30-44(31-35-47)60-53-21-8-10-23-55(53)61(56-24-11-9-22-54(56)60)64(59-26-14-18-43-16-6-7-19-50(43)59)49-37-38-52-51-20-12-13-25-57(51)62(2,3)58(52)40-49/h4-40H,1-3H3. The van der Waals surface area contributed by atoms with Crippen molar-refractivity contribution in [1.82, 2.24) is 0 Å². The summed E-state index contributed by atoms with van der Waals surface area (Å²) < 4.78 is 0. The second-order valence-electron chi connectivity index (χ2n) is 17.8. The third-order valence-electron chi connectivity index (χ3n) is 13.7. The molecule has 0 aliphatic heterocycles. The van der Waals surface area contributed by atoms with Gasteiger partial charge in [0.05, 0.1) is 11.4 Å². The van der Waals surface area contributed by atoms with Gasteiger partial charge in [-0.3, -0.25) is 0 Å². The van der Waals surface area contributed by atoms with Gasteiger partial charge in [-0.15, -0.1) is 0 Å². The lowest BCUT2D eigenvalue weighted by Gasteiger charge is -2.32. The minimum Gasteiger partial charge on any atom is -0.310 e. The summed E-state index contributed by atoms with van der Waals surface area (Å²) in [5.74, 6) is 0. The zero-order valence-electron chi connectivity index (χ0n) is 36.3. The van der Waals surface area contributed by atoms with Crippen LogP contribution in [0.25, 0.3) is 65.3 Å². The predicted molar refractivity (Wildman–Crippen MR) is 274 cm³/mol. The first kappa shape index (κ1) is 37.8. The molecule has 304 valence electrons. The van der Waals surface area contributed by atoms with Crippen LogP contribution in [0.2, 0.25) is 0 Å². The third-order valence-corrected chi connectivity index (χ3v) is 13.7. The van der Waals surface area contributed by atoms with Gasteiger partial charge in [-0.25, -0.2) is 0 Å². The Morgan fingerprint density at radius 1 is 0.344 bits per heavy atom. The molecule has 0 amide bonds. The molecule has 0 heterocycles. The zero-order valence-corrected chi connectivity index (χ0v) is 36.3. The molecule has 1 aliphatic rings. The number of anilines is 6. The van der Waals surface area contributed by atoms with Crippen molar-refractivity contribution < 1.29 is 0 Å². The summed E-state index contributed by atoms with van der Waals surface area (Å²) in [5, 5.41) is 9.72.